The van der Waals surface area contributed by atoms with E-state index < -0.39 is 0 Å². The fourth-order valence-electron chi connectivity index (χ4n) is 4.10. The number of carbonyl (C=O) groups is 1. The second kappa shape index (κ2) is 9.60. The number of nitrogens with zero attached hydrogens (tertiary/aromatic N) is 2. The minimum atomic E-state index is 0.0319. The van der Waals surface area contributed by atoms with Crippen LogP contribution in [0, 0.1) is 5.92 Å². The Bertz CT molecular complexity index is 859. The van der Waals surface area contributed by atoms with E-state index in [1.165, 1.54) is 0 Å². The third-order valence-corrected chi connectivity index (χ3v) is 5.97. The number of hydrogen-bond donors (Lipinski definition) is 2. The lowest BCUT2D eigenvalue weighted by Crippen LogP contribution is -2.41. The van der Waals surface area contributed by atoms with Gasteiger partial charge in [0.2, 0.25) is 11.9 Å². The van der Waals surface area contributed by atoms with E-state index in [0.29, 0.717) is 12.0 Å². The number of aromatic nitrogens is 2. The van der Waals surface area contributed by atoms with Gasteiger partial charge in [-0.05, 0) is 31.7 Å². The molecular weight excluding hydrogens is 380 g/mol. The van der Waals surface area contributed by atoms with Gasteiger partial charge in [0.1, 0.15) is 17.4 Å². The number of anilines is 1. The highest BCUT2D eigenvalue weighted by Crippen LogP contribution is 2.28. The average molecular weight is 413 g/mol. The van der Waals surface area contributed by atoms with Gasteiger partial charge in [0.15, 0.2) is 0 Å². The van der Waals surface area contributed by atoms with Crippen LogP contribution in [0.3, 0.4) is 0 Å². The molecule has 1 aliphatic carbocycles. The first-order valence-electron chi connectivity index (χ1n) is 11.2. The molecular formula is C23H32N4O3. The third-order valence-electron chi connectivity index (χ3n) is 5.97. The van der Waals surface area contributed by atoms with Gasteiger partial charge in [-0.1, -0.05) is 26.0 Å². The van der Waals surface area contributed by atoms with Crippen molar-refractivity contribution >= 4 is 22.8 Å². The van der Waals surface area contributed by atoms with Crippen molar-refractivity contribution in [3.05, 3.63) is 24.4 Å². The fourth-order valence-corrected chi connectivity index (χ4v) is 4.10. The molecule has 2 aliphatic rings. The van der Waals surface area contributed by atoms with Gasteiger partial charge < -0.3 is 20.1 Å². The predicted octanol–water partition coefficient (Wildman–Crippen LogP) is 3.68. The normalized spacial score (nSPS) is 22.8. The standard InChI is InChI=1S/C23H32N4O3/c1-15(2)22(28)25-17-6-8-18(9-7-17)26-23-24-14-16-4-3-5-20(21(16)27-23)30-19-10-12-29-13-11-19/h3-5,14-15,17-19H,6-13H2,1-2H3,(H,25,28)(H,24,26,27). The van der Waals surface area contributed by atoms with Crippen molar-refractivity contribution in [3.8, 4) is 5.75 Å². The first kappa shape index (κ1) is 20.8. The molecule has 0 bridgehead atoms. The summed E-state index contributed by atoms with van der Waals surface area (Å²) >= 11 is 0. The summed E-state index contributed by atoms with van der Waals surface area (Å²) in [5.41, 5.74) is 0.847. The minimum Gasteiger partial charge on any atom is -0.488 e. The number of fused-ring (bicyclic) bond motifs is 1. The zero-order valence-electron chi connectivity index (χ0n) is 17.9. The van der Waals surface area contributed by atoms with E-state index >= 15 is 0 Å². The predicted molar refractivity (Wildman–Crippen MR) is 117 cm³/mol. The van der Waals surface area contributed by atoms with Gasteiger partial charge in [0, 0.05) is 42.4 Å². The van der Waals surface area contributed by atoms with E-state index in [4.69, 9.17) is 14.5 Å². The highest BCUT2D eigenvalue weighted by atomic mass is 16.5. The molecule has 0 atom stereocenters. The summed E-state index contributed by atoms with van der Waals surface area (Å²) < 4.78 is 11.7. The smallest absolute Gasteiger partial charge is 0.223 e. The molecule has 2 N–H and O–H groups in total. The van der Waals surface area contributed by atoms with Crippen molar-refractivity contribution < 1.29 is 14.3 Å². The summed E-state index contributed by atoms with van der Waals surface area (Å²) in [5.74, 6) is 1.62. The fraction of sp³-hybridized carbons (Fsp3) is 0.609. The van der Waals surface area contributed by atoms with Gasteiger partial charge in [0.05, 0.1) is 13.2 Å². The molecule has 2 aromatic rings. The average Bonchev–Trinajstić information content (AvgIpc) is 2.76. The Hall–Kier alpha value is -2.41. The molecule has 0 spiro atoms. The maximum Gasteiger partial charge on any atom is 0.223 e. The highest BCUT2D eigenvalue weighted by Gasteiger charge is 2.24. The Morgan fingerprint density at radius 1 is 1.10 bits per heavy atom. The number of nitrogens with one attached hydrogen (secondary N) is 2. The topological polar surface area (TPSA) is 85.4 Å². The van der Waals surface area contributed by atoms with Crippen molar-refractivity contribution in [3.63, 3.8) is 0 Å². The van der Waals surface area contributed by atoms with Crippen LogP contribution in [0.25, 0.3) is 10.9 Å². The monoisotopic (exact) mass is 412 g/mol. The molecule has 7 nitrogen and oxygen atoms in total. The first-order valence-corrected chi connectivity index (χ1v) is 11.2. The van der Waals surface area contributed by atoms with Crippen LogP contribution in [0.15, 0.2) is 24.4 Å². The summed E-state index contributed by atoms with van der Waals surface area (Å²) in [6.07, 6.45) is 7.77. The number of carbonyl (C=O) groups excluding carboxylic acids is 1. The van der Waals surface area contributed by atoms with Gasteiger partial charge in [-0.2, -0.15) is 0 Å². The van der Waals surface area contributed by atoms with E-state index in [0.717, 1.165) is 68.4 Å². The minimum absolute atomic E-state index is 0.0319. The summed E-state index contributed by atoms with van der Waals surface area (Å²) in [5, 5.41) is 7.62. The zero-order valence-corrected chi connectivity index (χ0v) is 17.9. The Balaban J connectivity index is 1.39. The molecule has 2 fully saturated rings. The van der Waals surface area contributed by atoms with Crippen LogP contribution in [-0.2, 0) is 9.53 Å². The molecule has 1 saturated carbocycles. The molecule has 2 heterocycles. The Labute approximate surface area is 178 Å². The summed E-state index contributed by atoms with van der Waals surface area (Å²) in [4.78, 5) is 21.2. The van der Waals surface area contributed by atoms with Crippen LogP contribution in [-0.4, -0.2) is 47.3 Å². The molecule has 30 heavy (non-hydrogen) atoms. The van der Waals surface area contributed by atoms with Crippen LogP contribution in [0.1, 0.15) is 52.4 Å². The van der Waals surface area contributed by atoms with Crippen molar-refractivity contribution in [2.45, 2.75) is 70.6 Å². The third kappa shape index (κ3) is 5.19. The number of amides is 1. The SMILES string of the molecule is CC(C)C(=O)NC1CCC(Nc2ncc3cccc(OC4CCOCC4)c3n2)CC1. The lowest BCUT2D eigenvalue weighted by Gasteiger charge is -2.30. The molecule has 1 aliphatic heterocycles. The first-order chi connectivity index (χ1) is 14.6. The Kier molecular flexibility index (Phi) is 6.67. The number of hydrogen-bond acceptors (Lipinski definition) is 6. The van der Waals surface area contributed by atoms with E-state index in [2.05, 4.69) is 15.6 Å². The molecule has 1 saturated heterocycles. The highest BCUT2D eigenvalue weighted by molar-refractivity contribution is 5.84. The van der Waals surface area contributed by atoms with E-state index in [-0.39, 0.29) is 24.0 Å². The molecule has 4 rings (SSSR count). The maximum absolute atomic E-state index is 11.9. The largest absolute Gasteiger partial charge is 0.488 e. The van der Waals surface area contributed by atoms with Crippen LogP contribution in [0.2, 0.25) is 0 Å². The van der Waals surface area contributed by atoms with Crippen molar-refractivity contribution in [1.29, 1.82) is 0 Å². The molecule has 7 heteroatoms. The number of para-hydroxylation sites is 1. The van der Waals surface area contributed by atoms with Gasteiger partial charge in [-0.15, -0.1) is 0 Å². The second-order valence-electron chi connectivity index (χ2n) is 8.67. The van der Waals surface area contributed by atoms with E-state index in [1.54, 1.807) is 0 Å². The molecule has 1 aromatic heterocycles. The Morgan fingerprint density at radius 3 is 2.57 bits per heavy atom. The lowest BCUT2D eigenvalue weighted by atomic mass is 9.91. The molecule has 162 valence electrons. The van der Waals surface area contributed by atoms with Gasteiger partial charge >= 0.3 is 0 Å². The number of ether oxygens (including phenoxy) is 2. The molecule has 1 aromatic carbocycles. The van der Waals surface area contributed by atoms with Crippen molar-refractivity contribution in [2.75, 3.05) is 18.5 Å². The maximum atomic E-state index is 11.9. The van der Waals surface area contributed by atoms with Crippen LogP contribution in [0.5, 0.6) is 5.75 Å². The summed E-state index contributed by atoms with van der Waals surface area (Å²) in [7, 11) is 0. The van der Waals surface area contributed by atoms with Crippen molar-refractivity contribution in [2.24, 2.45) is 5.92 Å². The van der Waals surface area contributed by atoms with E-state index in [1.807, 2.05) is 38.2 Å². The summed E-state index contributed by atoms with van der Waals surface area (Å²) in [6, 6.07) is 6.57. The zero-order chi connectivity index (χ0) is 20.9. The molecule has 0 unspecified atom stereocenters. The summed E-state index contributed by atoms with van der Waals surface area (Å²) in [6.45, 7) is 5.36. The van der Waals surface area contributed by atoms with Gasteiger partial charge in [-0.3, -0.25) is 4.79 Å². The van der Waals surface area contributed by atoms with Crippen LogP contribution >= 0.6 is 0 Å². The Morgan fingerprint density at radius 2 is 1.83 bits per heavy atom. The van der Waals surface area contributed by atoms with Crippen LogP contribution in [0.4, 0.5) is 5.95 Å². The van der Waals surface area contributed by atoms with Crippen LogP contribution < -0.4 is 15.4 Å². The lowest BCUT2D eigenvalue weighted by molar-refractivity contribution is -0.124. The van der Waals surface area contributed by atoms with E-state index in [9.17, 15) is 4.79 Å². The van der Waals surface area contributed by atoms with Crippen molar-refractivity contribution in [1.82, 2.24) is 15.3 Å². The second-order valence-corrected chi connectivity index (χ2v) is 8.67. The number of rotatable bonds is 6. The number of benzene rings is 1. The van der Waals surface area contributed by atoms with Gasteiger partial charge in [-0.25, -0.2) is 9.97 Å². The quantitative estimate of drug-likeness (QED) is 0.753. The molecule has 1 amide bonds. The van der Waals surface area contributed by atoms with Gasteiger partial charge in [0.25, 0.3) is 0 Å². The molecule has 0 radical (unpaired) electrons.